The fourth-order valence-electron chi connectivity index (χ4n) is 8.38. The Hall–Kier alpha value is -5.77. The van der Waals surface area contributed by atoms with Crippen LogP contribution in [0.3, 0.4) is 0 Å². The summed E-state index contributed by atoms with van der Waals surface area (Å²) in [7, 11) is 2.65. The van der Waals surface area contributed by atoms with Gasteiger partial charge in [-0.05, 0) is 80.8 Å². The Morgan fingerprint density at radius 3 is 1.71 bits per heavy atom. The number of anilines is 3. The molecule has 5 aromatic rings. The van der Waals surface area contributed by atoms with Crippen LogP contribution in [0.4, 0.5) is 21.8 Å². The van der Waals surface area contributed by atoms with E-state index in [-0.39, 0.29) is 28.8 Å². The third kappa shape index (κ3) is 8.40. The molecular weight excluding hydrogens is 764 g/mol. The van der Waals surface area contributed by atoms with Gasteiger partial charge in [-0.1, -0.05) is 0 Å². The van der Waals surface area contributed by atoms with Gasteiger partial charge in [0.2, 0.25) is 0 Å². The van der Waals surface area contributed by atoms with Crippen molar-refractivity contribution >= 4 is 51.3 Å². The van der Waals surface area contributed by atoms with Crippen LogP contribution in [0.2, 0.25) is 0 Å². The second-order valence-electron chi connectivity index (χ2n) is 14.9. The highest BCUT2D eigenvalue weighted by atomic mass is 19.1. The second kappa shape index (κ2) is 17.6. The van der Waals surface area contributed by atoms with Gasteiger partial charge in [-0.25, -0.2) is 14.0 Å². The minimum atomic E-state index is -0.513. The van der Waals surface area contributed by atoms with Crippen LogP contribution in [0.25, 0.3) is 21.9 Å². The Morgan fingerprint density at radius 1 is 0.678 bits per heavy atom. The molecule has 4 saturated heterocycles. The summed E-state index contributed by atoms with van der Waals surface area (Å²) in [6.07, 6.45) is 3.70. The van der Waals surface area contributed by atoms with Crippen LogP contribution < -0.4 is 30.9 Å². The van der Waals surface area contributed by atoms with Crippen molar-refractivity contribution in [3.05, 3.63) is 109 Å². The molecule has 310 valence electrons. The molecule has 15 heteroatoms. The van der Waals surface area contributed by atoms with Crippen LogP contribution >= 0.6 is 0 Å². The minimum Gasteiger partial charge on any atom is -0.465 e. The van der Waals surface area contributed by atoms with E-state index >= 15 is 0 Å². The van der Waals surface area contributed by atoms with Gasteiger partial charge in [0.1, 0.15) is 17.0 Å². The fourth-order valence-corrected chi connectivity index (χ4v) is 8.38. The van der Waals surface area contributed by atoms with Crippen molar-refractivity contribution in [1.29, 1.82) is 0 Å². The Kier molecular flexibility index (Phi) is 11.9. The SMILES string of the molecule is COC(=O)c1cc([C@H]2CCCN2)c2oc(N3CCOCC3)cc(=O)c2c1.COC(=O)c1cc([C@H]2CCCN2c2ccc(F)cc2)c2oc(N3CCOCC3)cc(=O)c2c1. The Bertz CT molecular complexity index is 2450. The number of nitrogens with one attached hydrogen (secondary N) is 1. The molecule has 0 amide bonds. The van der Waals surface area contributed by atoms with Crippen LogP contribution in [0.15, 0.2) is 79.1 Å². The first-order chi connectivity index (χ1) is 28.7. The molecule has 6 heterocycles. The van der Waals surface area contributed by atoms with Gasteiger partial charge >= 0.3 is 11.9 Å². The first-order valence-electron chi connectivity index (χ1n) is 20.0. The van der Waals surface area contributed by atoms with Crippen LogP contribution in [-0.2, 0) is 18.9 Å². The van der Waals surface area contributed by atoms with Gasteiger partial charge in [0.05, 0.1) is 68.6 Å². The zero-order chi connectivity index (χ0) is 41.0. The number of nitrogens with zero attached hydrogens (tertiary/aromatic N) is 3. The molecule has 3 aromatic carbocycles. The van der Waals surface area contributed by atoms with E-state index in [2.05, 4.69) is 10.2 Å². The van der Waals surface area contributed by atoms with E-state index in [0.717, 1.165) is 55.6 Å². The van der Waals surface area contributed by atoms with E-state index in [9.17, 15) is 23.6 Å². The number of hydrogen-bond donors (Lipinski definition) is 1. The number of benzene rings is 3. The quantitative estimate of drug-likeness (QED) is 0.199. The number of rotatable bonds is 7. The summed E-state index contributed by atoms with van der Waals surface area (Å²) in [5, 5.41) is 4.17. The third-order valence-electron chi connectivity index (χ3n) is 11.4. The molecule has 2 aromatic heterocycles. The van der Waals surface area contributed by atoms with Gasteiger partial charge < -0.3 is 47.8 Å². The predicted molar refractivity (Wildman–Crippen MR) is 219 cm³/mol. The maximum atomic E-state index is 13.5. The molecule has 59 heavy (non-hydrogen) atoms. The van der Waals surface area contributed by atoms with Gasteiger partial charge in [-0.15, -0.1) is 0 Å². The molecule has 0 radical (unpaired) electrons. The van der Waals surface area contributed by atoms with E-state index in [1.54, 1.807) is 30.3 Å². The van der Waals surface area contributed by atoms with Crippen LogP contribution in [0, 0.1) is 5.82 Å². The summed E-state index contributed by atoms with van der Waals surface area (Å²) in [5.74, 6) is -0.220. The lowest BCUT2D eigenvalue weighted by atomic mass is 9.98. The van der Waals surface area contributed by atoms with Crippen molar-refractivity contribution in [2.45, 2.75) is 37.8 Å². The molecular formula is C44H47FN4O10. The molecule has 4 fully saturated rings. The molecule has 0 aliphatic carbocycles. The largest absolute Gasteiger partial charge is 0.465 e. The number of carbonyl (C=O) groups is 2. The van der Waals surface area contributed by atoms with Crippen molar-refractivity contribution in [1.82, 2.24) is 5.32 Å². The summed E-state index contributed by atoms with van der Waals surface area (Å²) in [6, 6.07) is 15.9. The average molecular weight is 811 g/mol. The molecule has 2 atom stereocenters. The Balaban J connectivity index is 0.000000169. The van der Waals surface area contributed by atoms with Gasteiger partial charge in [0.15, 0.2) is 22.6 Å². The highest BCUT2D eigenvalue weighted by Gasteiger charge is 2.31. The Morgan fingerprint density at radius 2 is 1.20 bits per heavy atom. The van der Waals surface area contributed by atoms with Crippen molar-refractivity contribution in [3.8, 4) is 0 Å². The van der Waals surface area contributed by atoms with E-state index in [1.807, 2.05) is 9.80 Å². The normalized spacial score (nSPS) is 19.5. The lowest BCUT2D eigenvalue weighted by molar-refractivity contribution is 0.0592. The molecule has 0 saturated carbocycles. The van der Waals surface area contributed by atoms with E-state index in [1.165, 1.54) is 44.6 Å². The molecule has 14 nitrogen and oxygen atoms in total. The van der Waals surface area contributed by atoms with Gasteiger partial charge in [0.25, 0.3) is 0 Å². The first kappa shape index (κ1) is 40.0. The third-order valence-corrected chi connectivity index (χ3v) is 11.4. The van der Waals surface area contributed by atoms with Crippen molar-refractivity contribution in [2.24, 2.45) is 0 Å². The molecule has 0 bridgehead atoms. The lowest BCUT2D eigenvalue weighted by Gasteiger charge is -2.29. The molecule has 4 aliphatic heterocycles. The zero-order valence-electron chi connectivity index (χ0n) is 33.1. The van der Waals surface area contributed by atoms with Gasteiger partial charge in [-0.3, -0.25) is 9.59 Å². The standard InChI is InChI=1S/C25H25FN2O5.C19H22N2O5/c1-31-25(30)16-13-19(21-3-2-8-28(21)18-6-4-17(26)5-7-18)24-20(14-16)22(29)15-23(33-24)27-9-11-32-12-10-27;1-24-19(23)12-9-13(15-3-2-4-20-15)18-14(10-12)16(22)11-17(26-18)21-5-7-25-8-6-21/h4-7,13-15,21H,2-3,8-12H2,1H3;9-11,15,20H,2-8H2,1H3/t21-;15-/m11/s1. The number of carbonyl (C=O) groups excluding carboxylic acids is 2. The lowest BCUT2D eigenvalue weighted by Crippen LogP contribution is -2.36. The summed E-state index contributed by atoms with van der Waals surface area (Å²) in [6.45, 7) is 6.67. The van der Waals surface area contributed by atoms with Crippen LogP contribution in [0.5, 0.6) is 0 Å². The maximum absolute atomic E-state index is 13.5. The summed E-state index contributed by atoms with van der Waals surface area (Å²) >= 11 is 0. The van der Waals surface area contributed by atoms with E-state index in [4.69, 9.17) is 27.8 Å². The number of halogens is 1. The summed E-state index contributed by atoms with van der Waals surface area (Å²) < 4.78 is 46.6. The zero-order valence-corrected chi connectivity index (χ0v) is 33.1. The van der Waals surface area contributed by atoms with Crippen molar-refractivity contribution in [2.75, 3.05) is 94.6 Å². The van der Waals surface area contributed by atoms with Gasteiger partial charge in [0, 0.05) is 67.7 Å². The predicted octanol–water partition coefficient (Wildman–Crippen LogP) is 5.74. The van der Waals surface area contributed by atoms with Crippen molar-refractivity contribution in [3.63, 3.8) is 0 Å². The van der Waals surface area contributed by atoms with Gasteiger partial charge in [-0.2, -0.15) is 0 Å². The molecule has 9 rings (SSSR count). The monoisotopic (exact) mass is 810 g/mol. The number of fused-ring (bicyclic) bond motifs is 2. The van der Waals surface area contributed by atoms with Crippen LogP contribution in [-0.4, -0.2) is 91.9 Å². The highest BCUT2D eigenvalue weighted by Crippen LogP contribution is 2.40. The number of hydrogen-bond acceptors (Lipinski definition) is 14. The van der Waals surface area contributed by atoms with E-state index < -0.39 is 11.9 Å². The number of esters is 2. The molecule has 0 unspecified atom stereocenters. The summed E-state index contributed by atoms with van der Waals surface area (Å²) in [4.78, 5) is 56.6. The second-order valence-corrected chi connectivity index (χ2v) is 14.9. The number of morpholine rings is 2. The Labute approximate surface area is 339 Å². The first-order valence-corrected chi connectivity index (χ1v) is 20.0. The highest BCUT2D eigenvalue weighted by molar-refractivity contribution is 5.96. The summed E-state index contributed by atoms with van der Waals surface area (Å²) in [5.41, 5.74) is 3.79. The smallest absolute Gasteiger partial charge is 0.337 e. The topological polar surface area (TPSA) is 153 Å². The fraction of sp³-hybridized carbons (Fsp3) is 0.409. The molecule has 1 N–H and O–H groups in total. The van der Waals surface area contributed by atoms with E-state index in [0.29, 0.717) is 97.4 Å². The minimum absolute atomic E-state index is 0.0604. The number of ether oxygens (including phenoxy) is 4. The molecule has 0 spiro atoms. The van der Waals surface area contributed by atoms with Crippen LogP contribution in [0.1, 0.15) is 69.6 Å². The maximum Gasteiger partial charge on any atom is 0.337 e. The number of methoxy groups -OCH3 is 2. The average Bonchev–Trinajstić information content (AvgIpc) is 4.00. The van der Waals surface area contributed by atoms with Crippen molar-refractivity contribution < 1.29 is 41.8 Å². The molecule has 4 aliphatic rings.